The molecule has 7 heteroatoms. The number of likely N-dealkylation sites (N-methyl/N-ethyl adjacent to an activating group) is 1. The van der Waals surface area contributed by atoms with Crippen molar-refractivity contribution in [2.45, 2.75) is 6.18 Å². The zero-order chi connectivity index (χ0) is 9.78. The molecule has 0 bridgehead atoms. The van der Waals surface area contributed by atoms with Gasteiger partial charge in [0.25, 0.3) is 5.91 Å². The maximum atomic E-state index is 11.5. The van der Waals surface area contributed by atoms with E-state index in [0.717, 1.165) is 7.05 Å². The van der Waals surface area contributed by atoms with Crippen LogP contribution in [0, 0.1) is 0 Å². The number of hydroxylamine groups is 2. The molecule has 0 saturated heterocycles. The summed E-state index contributed by atoms with van der Waals surface area (Å²) in [6, 6.07) is 0. The molecule has 0 saturated carbocycles. The van der Waals surface area contributed by atoms with E-state index < -0.39 is 18.7 Å². The molecule has 0 atom stereocenters. The summed E-state index contributed by atoms with van der Waals surface area (Å²) in [6.07, 6.45) is -4.44. The van der Waals surface area contributed by atoms with Gasteiger partial charge in [-0.3, -0.25) is 9.63 Å². The van der Waals surface area contributed by atoms with Crippen molar-refractivity contribution >= 4 is 5.91 Å². The van der Waals surface area contributed by atoms with Crippen molar-refractivity contribution in [2.24, 2.45) is 5.73 Å². The van der Waals surface area contributed by atoms with E-state index in [2.05, 4.69) is 4.84 Å². The minimum absolute atomic E-state index is 0.381. The maximum absolute atomic E-state index is 11.5. The number of carbonyl (C=O) groups is 1. The van der Waals surface area contributed by atoms with Crippen molar-refractivity contribution in [1.82, 2.24) is 5.06 Å². The van der Waals surface area contributed by atoms with Crippen LogP contribution in [0.5, 0.6) is 0 Å². The third-order valence-electron chi connectivity index (χ3n) is 0.948. The number of carbonyl (C=O) groups excluding carboxylic acids is 1. The van der Waals surface area contributed by atoms with Crippen LogP contribution >= 0.6 is 0 Å². The third kappa shape index (κ3) is 4.91. The first-order chi connectivity index (χ1) is 5.37. The predicted octanol–water partition coefficient (Wildman–Crippen LogP) is -0.103. The van der Waals surface area contributed by atoms with Crippen LogP contribution in [-0.2, 0) is 9.63 Å². The van der Waals surface area contributed by atoms with Crippen LogP contribution in [-0.4, -0.2) is 37.3 Å². The van der Waals surface area contributed by atoms with Crippen molar-refractivity contribution in [3.8, 4) is 0 Å². The fraction of sp³-hybridized carbons (Fsp3) is 0.800. The van der Waals surface area contributed by atoms with Gasteiger partial charge >= 0.3 is 6.18 Å². The molecule has 0 fully saturated rings. The lowest BCUT2D eigenvalue weighted by molar-refractivity contribution is -0.239. The lowest BCUT2D eigenvalue weighted by Crippen LogP contribution is -2.35. The zero-order valence-corrected chi connectivity index (χ0v) is 6.39. The first-order valence-electron chi connectivity index (χ1n) is 3.03. The Bertz CT molecular complexity index is 159. The summed E-state index contributed by atoms with van der Waals surface area (Å²) in [6.45, 7) is -1.87. The Morgan fingerprint density at radius 3 is 2.42 bits per heavy atom. The normalized spacial score (nSPS) is 11.4. The molecular weight excluding hydrogens is 177 g/mol. The van der Waals surface area contributed by atoms with E-state index in [4.69, 9.17) is 5.73 Å². The van der Waals surface area contributed by atoms with Crippen LogP contribution in [0.15, 0.2) is 0 Å². The van der Waals surface area contributed by atoms with Gasteiger partial charge in [-0.1, -0.05) is 0 Å². The highest BCUT2D eigenvalue weighted by molar-refractivity contribution is 5.76. The van der Waals surface area contributed by atoms with Gasteiger partial charge in [0.2, 0.25) is 0 Å². The molecule has 1 amide bonds. The summed E-state index contributed by atoms with van der Waals surface area (Å²) in [4.78, 5) is 14.6. The van der Waals surface area contributed by atoms with Crippen LogP contribution in [0.3, 0.4) is 0 Å². The molecular formula is C5H9F3N2O2. The van der Waals surface area contributed by atoms with Crippen molar-refractivity contribution in [1.29, 1.82) is 0 Å². The van der Waals surface area contributed by atoms with Crippen molar-refractivity contribution < 1.29 is 22.8 Å². The highest BCUT2D eigenvalue weighted by Crippen LogP contribution is 2.14. The lowest BCUT2D eigenvalue weighted by atomic mass is 10.6. The molecule has 0 rings (SSSR count). The van der Waals surface area contributed by atoms with Crippen molar-refractivity contribution in [3.05, 3.63) is 0 Å². The average molecular weight is 186 g/mol. The molecule has 0 aliphatic heterocycles. The second kappa shape index (κ2) is 4.27. The van der Waals surface area contributed by atoms with Crippen LogP contribution in [0.2, 0.25) is 0 Å². The number of hydrogen-bond donors (Lipinski definition) is 1. The van der Waals surface area contributed by atoms with Gasteiger partial charge in [0, 0.05) is 7.05 Å². The summed E-state index contributed by atoms with van der Waals surface area (Å²) < 4.78 is 34.5. The van der Waals surface area contributed by atoms with E-state index in [1.54, 1.807) is 0 Å². The smallest absolute Gasteiger partial charge is 0.322 e. The average Bonchev–Trinajstić information content (AvgIpc) is 1.97. The monoisotopic (exact) mass is 186 g/mol. The number of alkyl halides is 3. The largest absolute Gasteiger partial charge is 0.414 e. The van der Waals surface area contributed by atoms with Crippen LogP contribution in [0.25, 0.3) is 0 Å². The molecule has 72 valence electrons. The minimum Gasteiger partial charge on any atom is -0.322 e. The number of amides is 1. The van der Waals surface area contributed by atoms with Gasteiger partial charge in [-0.2, -0.15) is 13.2 Å². The molecule has 4 nitrogen and oxygen atoms in total. The number of rotatable bonds is 3. The van der Waals surface area contributed by atoms with E-state index in [0.29, 0.717) is 5.06 Å². The Balaban J connectivity index is 3.72. The molecule has 2 N–H and O–H groups in total. The molecule has 0 unspecified atom stereocenters. The Morgan fingerprint density at radius 1 is 1.58 bits per heavy atom. The van der Waals surface area contributed by atoms with E-state index in [1.165, 1.54) is 0 Å². The van der Waals surface area contributed by atoms with E-state index in [-0.39, 0.29) is 6.54 Å². The molecule has 0 radical (unpaired) electrons. The highest BCUT2D eigenvalue weighted by atomic mass is 19.4. The topological polar surface area (TPSA) is 55.6 Å². The standard InChI is InChI=1S/C5H9F3N2O2/c1-10(4(11)2-9)12-3-5(6,7)8/h2-3,9H2,1H3. The summed E-state index contributed by atoms with van der Waals surface area (Å²) in [5.41, 5.74) is 4.86. The summed E-state index contributed by atoms with van der Waals surface area (Å²) >= 11 is 0. The van der Waals surface area contributed by atoms with Crippen LogP contribution in [0.4, 0.5) is 13.2 Å². The minimum atomic E-state index is -4.44. The van der Waals surface area contributed by atoms with Gasteiger partial charge in [-0.15, -0.1) is 0 Å². The Morgan fingerprint density at radius 2 is 2.08 bits per heavy atom. The number of nitrogens with zero attached hydrogens (tertiary/aromatic N) is 1. The molecule has 0 spiro atoms. The number of halogens is 3. The van der Waals surface area contributed by atoms with E-state index in [9.17, 15) is 18.0 Å². The van der Waals surface area contributed by atoms with Crippen LogP contribution in [0.1, 0.15) is 0 Å². The number of hydrogen-bond acceptors (Lipinski definition) is 3. The Kier molecular flexibility index (Phi) is 3.98. The van der Waals surface area contributed by atoms with E-state index in [1.807, 2.05) is 0 Å². The quantitative estimate of drug-likeness (QED) is 0.626. The second-order valence-electron chi connectivity index (χ2n) is 1.98. The first-order valence-corrected chi connectivity index (χ1v) is 3.03. The zero-order valence-electron chi connectivity index (χ0n) is 6.39. The summed E-state index contributed by atoms with van der Waals surface area (Å²) in [5.74, 6) is -0.709. The fourth-order valence-electron chi connectivity index (χ4n) is 0.371. The molecule has 0 aromatic carbocycles. The first kappa shape index (κ1) is 11.2. The Hall–Kier alpha value is -0.820. The van der Waals surface area contributed by atoms with Gasteiger partial charge in [-0.05, 0) is 0 Å². The van der Waals surface area contributed by atoms with Crippen molar-refractivity contribution in [3.63, 3.8) is 0 Å². The van der Waals surface area contributed by atoms with Gasteiger partial charge < -0.3 is 5.73 Å². The lowest BCUT2D eigenvalue weighted by Gasteiger charge is -2.16. The van der Waals surface area contributed by atoms with Crippen LogP contribution < -0.4 is 5.73 Å². The Labute approximate surface area is 67.0 Å². The van der Waals surface area contributed by atoms with Gasteiger partial charge in [0.1, 0.15) is 0 Å². The molecule has 0 heterocycles. The SMILES string of the molecule is CN(OCC(F)(F)F)C(=O)CN. The number of nitrogens with two attached hydrogens (primary N) is 1. The molecule has 0 aliphatic rings. The molecule has 12 heavy (non-hydrogen) atoms. The fourth-order valence-corrected chi connectivity index (χ4v) is 0.371. The van der Waals surface area contributed by atoms with Crippen molar-refractivity contribution in [2.75, 3.05) is 20.2 Å². The predicted molar refractivity (Wildman–Crippen MR) is 33.8 cm³/mol. The van der Waals surface area contributed by atoms with Gasteiger partial charge in [0.15, 0.2) is 6.61 Å². The summed E-state index contributed by atoms with van der Waals surface area (Å²) in [5, 5.41) is 0.466. The van der Waals surface area contributed by atoms with Gasteiger partial charge in [0.05, 0.1) is 6.54 Å². The molecule has 0 aromatic rings. The van der Waals surface area contributed by atoms with E-state index >= 15 is 0 Å². The molecule has 0 aliphatic carbocycles. The molecule has 0 aromatic heterocycles. The maximum Gasteiger partial charge on any atom is 0.414 e. The summed E-state index contributed by atoms with van der Waals surface area (Å²) in [7, 11) is 1.07. The third-order valence-corrected chi connectivity index (χ3v) is 0.948. The second-order valence-corrected chi connectivity index (χ2v) is 1.98. The highest BCUT2D eigenvalue weighted by Gasteiger charge is 2.29. The van der Waals surface area contributed by atoms with Gasteiger partial charge in [-0.25, -0.2) is 5.06 Å².